The summed E-state index contributed by atoms with van der Waals surface area (Å²) in [6, 6.07) is 8.32. The van der Waals surface area contributed by atoms with E-state index in [2.05, 4.69) is 10.6 Å². The van der Waals surface area contributed by atoms with E-state index in [1.807, 2.05) is 45.9 Å². The van der Waals surface area contributed by atoms with Crippen molar-refractivity contribution in [1.82, 2.24) is 5.32 Å². The van der Waals surface area contributed by atoms with Crippen LogP contribution in [0.3, 0.4) is 0 Å². The predicted molar refractivity (Wildman–Crippen MR) is 144 cm³/mol. The Hall–Kier alpha value is -3.11. The van der Waals surface area contributed by atoms with E-state index in [9.17, 15) is 27.9 Å². The number of nitrogens with zero attached hydrogens (tertiary/aromatic N) is 1. The Morgan fingerprint density at radius 2 is 1.79 bits per heavy atom. The molecule has 2 aromatic rings. The minimum atomic E-state index is -4.67. The van der Waals surface area contributed by atoms with Gasteiger partial charge in [-0.05, 0) is 56.0 Å². The number of aliphatic hydroxyl groups is 1. The van der Waals surface area contributed by atoms with E-state index >= 15 is 0 Å². The molecule has 0 saturated heterocycles. The van der Waals surface area contributed by atoms with Crippen molar-refractivity contribution in [2.45, 2.75) is 78.2 Å². The highest BCUT2D eigenvalue weighted by atomic mass is 19.4. The molecule has 38 heavy (non-hydrogen) atoms. The first-order valence-corrected chi connectivity index (χ1v) is 12.9. The predicted octanol–water partition coefficient (Wildman–Crippen LogP) is 4.67. The molecule has 0 aliphatic heterocycles. The fourth-order valence-electron chi connectivity index (χ4n) is 4.33. The van der Waals surface area contributed by atoms with Gasteiger partial charge in [0.15, 0.2) is 0 Å². The maximum atomic E-state index is 13.8. The van der Waals surface area contributed by atoms with Crippen LogP contribution in [-0.4, -0.2) is 42.2 Å². The molecule has 0 radical (unpaired) electrons. The summed E-state index contributed by atoms with van der Waals surface area (Å²) in [4.78, 5) is 26.1. The van der Waals surface area contributed by atoms with Crippen molar-refractivity contribution in [1.29, 1.82) is 0 Å². The van der Waals surface area contributed by atoms with Crippen LogP contribution in [0, 0.1) is 13.8 Å². The molecule has 0 spiro atoms. The third-order valence-corrected chi connectivity index (χ3v) is 6.22. The van der Waals surface area contributed by atoms with Crippen LogP contribution in [0.5, 0.6) is 0 Å². The Morgan fingerprint density at radius 3 is 2.37 bits per heavy atom. The molecule has 5 N–H and O–H groups in total. The highest BCUT2D eigenvalue weighted by Gasteiger charge is 2.35. The van der Waals surface area contributed by atoms with E-state index in [1.165, 1.54) is 6.07 Å². The average molecular weight is 537 g/mol. The van der Waals surface area contributed by atoms with Gasteiger partial charge in [-0.15, -0.1) is 0 Å². The fourth-order valence-corrected chi connectivity index (χ4v) is 4.33. The maximum Gasteiger partial charge on any atom is 0.416 e. The summed E-state index contributed by atoms with van der Waals surface area (Å²) in [5.41, 5.74) is 7.64. The van der Waals surface area contributed by atoms with Gasteiger partial charge >= 0.3 is 6.18 Å². The van der Waals surface area contributed by atoms with Gasteiger partial charge in [-0.2, -0.15) is 13.2 Å². The molecule has 0 bridgehead atoms. The van der Waals surface area contributed by atoms with Gasteiger partial charge in [-0.25, -0.2) is 0 Å². The van der Waals surface area contributed by atoms with Crippen molar-refractivity contribution < 1.29 is 27.9 Å². The molecule has 2 aromatic carbocycles. The van der Waals surface area contributed by atoms with Gasteiger partial charge in [0.1, 0.15) is 6.42 Å². The molecule has 0 heterocycles. The summed E-state index contributed by atoms with van der Waals surface area (Å²) < 4.78 is 41.4. The molecule has 0 saturated carbocycles. The molecule has 2 amide bonds. The van der Waals surface area contributed by atoms with E-state index in [-0.39, 0.29) is 17.9 Å². The van der Waals surface area contributed by atoms with Crippen LogP contribution in [0.25, 0.3) is 0 Å². The Morgan fingerprint density at radius 1 is 1.08 bits per heavy atom. The zero-order chi connectivity index (χ0) is 28.5. The molecular weight excluding hydrogens is 497 g/mol. The van der Waals surface area contributed by atoms with Gasteiger partial charge < -0.3 is 26.4 Å². The minimum Gasteiger partial charge on any atom is -0.391 e. The second-order valence-electron chi connectivity index (χ2n) is 9.58. The number of primary amides is 1. The molecule has 2 rings (SSSR count). The second-order valence-corrected chi connectivity index (χ2v) is 9.58. The van der Waals surface area contributed by atoms with Gasteiger partial charge in [0.05, 0.1) is 17.7 Å². The topological polar surface area (TPSA) is 108 Å². The molecule has 0 aliphatic carbocycles. The lowest BCUT2D eigenvalue weighted by molar-refractivity contribution is -0.137. The van der Waals surface area contributed by atoms with Crippen LogP contribution in [0.1, 0.15) is 61.8 Å². The number of rotatable bonds is 14. The lowest BCUT2D eigenvalue weighted by Crippen LogP contribution is -2.53. The lowest BCUT2D eigenvalue weighted by Gasteiger charge is -2.36. The van der Waals surface area contributed by atoms with Gasteiger partial charge in [-0.1, -0.05) is 44.0 Å². The second kappa shape index (κ2) is 14.2. The normalized spacial score (nSPS) is 13.2. The molecule has 0 aliphatic rings. The Kier molecular flexibility index (Phi) is 11.6. The number of alkyl halides is 3. The Bertz CT molecular complexity index is 1090. The van der Waals surface area contributed by atoms with Crippen molar-refractivity contribution in [3.8, 4) is 0 Å². The largest absolute Gasteiger partial charge is 0.416 e. The van der Waals surface area contributed by atoms with Crippen LogP contribution in [-0.2, 0) is 22.3 Å². The molecule has 210 valence electrons. The SMILES string of the molecule is CCCNc1cc(N(C(=O)CC(N)=O)C(CNCc2ccc(C)cc2C)C(O)CCC)cc(C(F)(F)F)c1. The number of amides is 2. The molecular formula is C28H39F3N4O3. The summed E-state index contributed by atoms with van der Waals surface area (Å²) in [5.74, 6) is -1.70. The van der Waals surface area contributed by atoms with Crippen molar-refractivity contribution in [2.24, 2.45) is 5.73 Å². The summed E-state index contributed by atoms with van der Waals surface area (Å²) in [5, 5.41) is 17.3. The number of anilines is 2. The van der Waals surface area contributed by atoms with Crippen molar-refractivity contribution in [2.75, 3.05) is 23.3 Å². The van der Waals surface area contributed by atoms with Gasteiger partial charge in [0.2, 0.25) is 11.8 Å². The van der Waals surface area contributed by atoms with Crippen molar-refractivity contribution >= 4 is 23.2 Å². The number of nitrogens with two attached hydrogens (primary N) is 1. The number of carbonyl (C=O) groups excluding carboxylic acids is 2. The van der Waals surface area contributed by atoms with Gasteiger partial charge in [0, 0.05) is 31.0 Å². The first kappa shape index (κ1) is 31.1. The van der Waals surface area contributed by atoms with Crippen LogP contribution in [0.15, 0.2) is 36.4 Å². The maximum absolute atomic E-state index is 13.8. The minimum absolute atomic E-state index is 0.0712. The van der Waals surface area contributed by atoms with Crippen molar-refractivity contribution in [3.63, 3.8) is 0 Å². The number of benzene rings is 2. The van der Waals surface area contributed by atoms with Gasteiger partial charge in [-0.3, -0.25) is 9.59 Å². The molecule has 0 aromatic heterocycles. The Balaban J connectivity index is 2.53. The monoisotopic (exact) mass is 536 g/mol. The zero-order valence-electron chi connectivity index (χ0n) is 22.5. The number of hydrogen-bond donors (Lipinski definition) is 4. The summed E-state index contributed by atoms with van der Waals surface area (Å²) in [6.07, 6.45) is -4.88. The number of carbonyl (C=O) groups is 2. The lowest BCUT2D eigenvalue weighted by atomic mass is 10.0. The van der Waals surface area contributed by atoms with Crippen molar-refractivity contribution in [3.05, 3.63) is 58.7 Å². The summed E-state index contributed by atoms with van der Waals surface area (Å²) in [7, 11) is 0. The third kappa shape index (κ3) is 9.02. The Labute approximate surface area is 222 Å². The fraction of sp³-hybridized carbons (Fsp3) is 0.500. The zero-order valence-corrected chi connectivity index (χ0v) is 22.5. The van der Waals surface area contributed by atoms with E-state index < -0.39 is 42.1 Å². The highest BCUT2D eigenvalue weighted by molar-refractivity contribution is 6.05. The van der Waals surface area contributed by atoms with Crippen LogP contribution < -0.4 is 21.3 Å². The average Bonchev–Trinajstić information content (AvgIpc) is 2.82. The van der Waals surface area contributed by atoms with Crippen LogP contribution in [0.4, 0.5) is 24.5 Å². The standard InChI is InChI=1S/C28H39F3N4O3/c1-5-7-25(36)24(17-33-16-20-9-8-18(3)11-19(20)4)35(27(38)15-26(32)37)23-13-21(28(29,30)31)12-22(14-23)34-10-6-2/h8-9,11-14,24-25,33-34,36H,5-7,10,15-17H2,1-4H3,(H2,32,37). The quantitative estimate of drug-likeness (QED) is 0.263. The van der Waals surface area contributed by atoms with Crippen LogP contribution >= 0.6 is 0 Å². The van der Waals surface area contributed by atoms with E-state index in [0.717, 1.165) is 33.7 Å². The number of hydrogen-bond acceptors (Lipinski definition) is 5. The number of nitrogens with one attached hydrogen (secondary N) is 2. The molecule has 2 unspecified atom stereocenters. The number of aliphatic hydroxyl groups excluding tert-OH is 1. The summed E-state index contributed by atoms with van der Waals surface area (Å²) >= 11 is 0. The molecule has 2 atom stereocenters. The first-order chi connectivity index (χ1) is 17.9. The highest BCUT2D eigenvalue weighted by Crippen LogP contribution is 2.35. The van der Waals surface area contributed by atoms with E-state index in [4.69, 9.17) is 5.73 Å². The first-order valence-electron chi connectivity index (χ1n) is 12.9. The smallest absolute Gasteiger partial charge is 0.391 e. The van der Waals surface area contributed by atoms with E-state index in [1.54, 1.807) is 0 Å². The summed E-state index contributed by atoms with van der Waals surface area (Å²) in [6.45, 7) is 8.62. The van der Waals surface area contributed by atoms with Crippen LogP contribution in [0.2, 0.25) is 0 Å². The van der Waals surface area contributed by atoms with Gasteiger partial charge in [0.25, 0.3) is 0 Å². The number of aryl methyl sites for hydroxylation is 2. The third-order valence-electron chi connectivity index (χ3n) is 6.22. The van der Waals surface area contributed by atoms with E-state index in [0.29, 0.717) is 32.4 Å². The molecule has 7 nitrogen and oxygen atoms in total. The molecule has 10 heteroatoms. The number of halogens is 3. The molecule has 0 fully saturated rings.